The van der Waals surface area contributed by atoms with Crippen LogP contribution in [0.25, 0.3) is 0 Å². The number of primary amides is 1. The first kappa shape index (κ1) is 12.5. The molecule has 3 nitrogen and oxygen atoms in total. The van der Waals surface area contributed by atoms with Crippen LogP contribution < -0.4 is 11.5 Å². The molecule has 16 heavy (non-hydrogen) atoms. The van der Waals surface area contributed by atoms with E-state index < -0.39 is 23.2 Å². The van der Waals surface area contributed by atoms with Crippen LogP contribution in [0, 0.1) is 0 Å². The normalized spacial score (nSPS) is 15.6. The van der Waals surface area contributed by atoms with Crippen molar-refractivity contribution in [1.29, 1.82) is 0 Å². The zero-order valence-corrected chi connectivity index (χ0v) is 8.51. The molecule has 1 rings (SSSR count). The summed E-state index contributed by atoms with van der Waals surface area (Å²) in [7, 11) is 0. The Labute approximate surface area is 90.2 Å². The van der Waals surface area contributed by atoms with Crippen molar-refractivity contribution in [3.05, 3.63) is 35.4 Å². The van der Waals surface area contributed by atoms with E-state index in [4.69, 9.17) is 11.5 Å². The van der Waals surface area contributed by atoms with E-state index in [1.165, 1.54) is 19.1 Å². The van der Waals surface area contributed by atoms with Crippen LogP contribution in [0.3, 0.4) is 0 Å². The number of benzene rings is 1. The van der Waals surface area contributed by atoms with Gasteiger partial charge in [0.2, 0.25) is 5.91 Å². The Morgan fingerprint density at radius 3 is 2.19 bits per heavy atom. The molecule has 1 aromatic rings. The molecule has 0 aliphatic rings. The highest BCUT2D eigenvalue weighted by atomic mass is 19.4. The highest BCUT2D eigenvalue weighted by Crippen LogP contribution is 2.31. The summed E-state index contributed by atoms with van der Waals surface area (Å²) in [6.45, 7) is 1.27. The van der Waals surface area contributed by atoms with E-state index >= 15 is 0 Å². The summed E-state index contributed by atoms with van der Waals surface area (Å²) in [6.07, 6.45) is -4.47. The van der Waals surface area contributed by atoms with Gasteiger partial charge in [-0.25, -0.2) is 0 Å². The van der Waals surface area contributed by atoms with Crippen molar-refractivity contribution >= 4 is 5.91 Å². The fourth-order valence-electron chi connectivity index (χ4n) is 1.16. The molecule has 0 aromatic heterocycles. The van der Waals surface area contributed by atoms with Crippen LogP contribution in [-0.2, 0) is 16.5 Å². The minimum Gasteiger partial charge on any atom is -0.368 e. The lowest BCUT2D eigenvalue weighted by Gasteiger charge is -2.21. The van der Waals surface area contributed by atoms with E-state index in [9.17, 15) is 18.0 Å². The van der Waals surface area contributed by atoms with Crippen molar-refractivity contribution in [2.45, 2.75) is 18.6 Å². The van der Waals surface area contributed by atoms with Gasteiger partial charge in [-0.2, -0.15) is 13.2 Å². The monoisotopic (exact) mass is 232 g/mol. The minimum atomic E-state index is -4.47. The molecule has 1 atom stereocenters. The van der Waals surface area contributed by atoms with Crippen molar-refractivity contribution in [2.75, 3.05) is 0 Å². The number of hydrogen-bond acceptors (Lipinski definition) is 2. The van der Waals surface area contributed by atoms with E-state index in [1.807, 2.05) is 0 Å². The number of amides is 1. The van der Waals surface area contributed by atoms with Crippen molar-refractivity contribution in [3.8, 4) is 0 Å². The van der Waals surface area contributed by atoms with Gasteiger partial charge in [0, 0.05) is 0 Å². The number of nitrogens with two attached hydrogens (primary N) is 2. The van der Waals surface area contributed by atoms with Crippen molar-refractivity contribution < 1.29 is 18.0 Å². The summed E-state index contributed by atoms with van der Waals surface area (Å²) in [6, 6.07) is 4.25. The molecule has 6 heteroatoms. The smallest absolute Gasteiger partial charge is 0.368 e. The summed E-state index contributed by atoms with van der Waals surface area (Å²) in [5, 5.41) is 0. The molecule has 88 valence electrons. The summed E-state index contributed by atoms with van der Waals surface area (Å²) in [5.74, 6) is -0.883. The quantitative estimate of drug-likeness (QED) is 0.808. The van der Waals surface area contributed by atoms with Gasteiger partial charge in [-0.05, 0) is 24.6 Å². The van der Waals surface area contributed by atoms with Crippen LogP contribution in [-0.4, -0.2) is 5.91 Å². The molecule has 4 N–H and O–H groups in total. The Kier molecular flexibility index (Phi) is 2.96. The Bertz CT molecular complexity index is 413. The van der Waals surface area contributed by atoms with Crippen molar-refractivity contribution in [3.63, 3.8) is 0 Å². The van der Waals surface area contributed by atoms with Gasteiger partial charge in [0.05, 0.1) is 5.56 Å². The first-order chi connectivity index (χ1) is 7.15. The number of carbonyl (C=O) groups is 1. The third kappa shape index (κ3) is 2.33. The van der Waals surface area contributed by atoms with Gasteiger partial charge in [0.1, 0.15) is 5.54 Å². The topological polar surface area (TPSA) is 69.1 Å². The standard InChI is InChI=1S/C10H11F3N2O/c1-9(15,8(14)16)6-3-2-4-7(5-6)10(11,12)13/h2-5H,15H2,1H3,(H2,14,16)/t9-/m0/s1. The summed E-state index contributed by atoms with van der Waals surface area (Å²) >= 11 is 0. The van der Waals surface area contributed by atoms with E-state index in [1.54, 1.807) is 0 Å². The Morgan fingerprint density at radius 1 is 1.25 bits per heavy atom. The molecule has 0 spiro atoms. The number of rotatable bonds is 2. The highest BCUT2D eigenvalue weighted by molar-refractivity contribution is 5.85. The van der Waals surface area contributed by atoms with Gasteiger partial charge < -0.3 is 11.5 Å². The molecule has 1 aromatic carbocycles. The molecule has 0 radical (unpaired) electrons. The third-order valence-corrected chi connectivity index (χ3v) is 2.30. The molecular weight excluding hydrogens is 221 g/mol. The third-order valence-electron chi connectivity index (χ3n) is 2.30. The number of hydrogen-bond donors (Lipinski definition) is 2. The fourth-order valence-corrected chi connectivity index (χ4v) is 1.16. The average Bonchev–Trinajstić information content (AvgIpc) is 2.16. The summed E-state index contributed by atoms with van der Waals surface area (Å²) < 4.78 is 37.2. The maximum atomic E-state index is 12.4. The average molecular weight is 232 g/mol. The second kappa shape index (κ2) is 3.79. The van der Waals surface area contributed by atoms with Crippen LogP contribution in [0.15, 0.2) is 24.3 Å². The molecule has 0 fully saturated rings. The van der Waals surface area contributed by atoms with Gasteiger partial charge in [-0.1, -0.05) is 12.1 Å². The van der Waals surface area contributed by atoms with Gasteiger partial charge in [0.15, 0.2) is 0 Å². The van der Waals surface area contributed by atoms with E-state index in [-0.39, 0.29) is 5.56 Å². The summed E-state index contributed by atoms with van der Waals surface area (Å²) in [4.78, 5) is 11.0. The van der Waals surface area contributed by atoms with E-state index in [0.717, 1.165) is 12.1 Å². The minimum absolute atomic E-state index is 0.0369. The predicted octanol–water partition coefficient (Wildman–Crippen LogP) is 1.36. The summed E-state index contributed by atoms with van der Waals surface area (Å²) in [5.41, 5.74) is 8.14. The lowest BCUT2D eigenvalue weighted by molar-refractivity contribution is -0.137. The second-order valence-corrected chi connectivity index (χ2v) is 3.65. The number of carbonyl (C=O) groups excluding carboxylic acids is 1. The lowest BCUT2D eigenvalue weighted by atomic mass is 9.91. The SMILES string of the molecule is C[C@@](N)(C(N)=O)c1cccc(C(F)(F)F)c1. The zero-order valence-electron chi connectivity index (χ0n) is 8.51. The Hall–Kier alpha value is -1.56. The second-order valence-electron chi connectivity index (χ2n) is 3.65. The van der Waals surface area contributed by atoms with Gasteiger partial charge in [-0.15, -0.1) is 0 Å². The molecular formula is C10H11F3N2O. The number of halogens is 3. The molecule has 0 saturated carbocycles. The van der Waals surface area contributed by atoms with E-state index in [0.29, 0.717) is 0 Å². The van der Waals surface area contributed by atoms with Gasteiger partial charge in [-0.3, -0.25) is 4.79 Å². The van der Waals surface area contributed by atoms with Gasteiger partial charge >= 0.3 is 6.18 Å². The maximum Gasteiger partial charge on any atom is 0.416 e. The molecule has 0 unspecified atom stereocenters. The van der Waals surface area contributed by atoms with Crippen LogP contribution in [0.2, 0.25) is 0 Å². The Morgan fingerprint density at radius 2 is 1.75 bits per heavy atom. The molecule has 0 heterocycles. The highest BCUT2D eigenvalue weighted by Gasteiger charge is 2.34. The van der Waals surface area contributed by atoms with E-state index in [2.05, 4.69) is 0 Å². The molecule has 1 amide bonds. The van der Waals surface area contributed by atoms with Crippen LogP contribution in [0.1, 0.15) is 18.1 Å². The van der Waals surface area contributed by atoms with Crippen LogP contribution >= 0.6 is 0 Å². The lowest BCUT2D eigenvalue weighted by Crippen LogP contribution is -2.46. The van der Waals surface area contributed by atoms with Gasteiger partial charge in [0.25, 0.3) is 0 Å². The molecule has 0 bridgehead atoms. The number of alkyl halides is 3. The van der Waals surface area contributed by atoms with Crippen molar-refractivity contribution in [2.24, 2.45) is 11.5 Å². The first-order valence-corrected chi connectivity index (χ1v) is 4.42. The van der Waals surface area contributed by atoms with Crippen LogP contribution in [0.5, 0.6) is 0 Å². The first-order valence-electron chi connectivity index (χ1n) is 4.42. The molecule has 0 aliphatic carbocycles. The molecule has 0 saturated heterocycles. The molecule has 0 aliphatic heterocycles. The zero-order chi connectivity index (χ0) is 12.6. The predicted molar refractivity (Wildman–Crippen MR) is 52.2 cm³/mol. The maximum absolute atomic E-state index is 12.4. The Balaban J connectivity index is 3.23. The van der Waals surface area contributed by atoms with Crippen LogP contribution in [0.4, 0.5) is 13.2 Å². The fraction of sp³-hybridized carbons (Fsp3) is 0.300. The van der Waals surface area contributed by atoms with Crippen molar-refractivity contribution in [1.82, 2.24) is 0 Å². The largest absolute Gasteiger partial charge is 0.416 e.